The Morgan fingerprint density at radius 1 is 1.38 bits per heavy atom. The van der Waals surface area contributed by atoms with Crippen LogP contribution < -0.4 is 10.2 Å². The van der Waals surface area contributed by atoms with E-state index in [9.17, 15) is 4.79 Å². The summed E-state index contributed by atoms with van der Waals surface area (Å²) in [7, 11) is 1.67. The summed E-state index contributed by atoms with van der Waals surface area (Å²) in [6.07, 6.45) is 4.37. The summed E-state index contributed by atoms with van der Waals surface area (Å²) in [5.74, 6) is 1.07. The number of carbonyl (C=O) groups is 1. The van der Waals surface area contributed by atoms with Gasteiger partial charge in [0.25, 0.3) is 0 Å². The zero-order valence-corrected chi connectivity index (χ0v) is 14.1. The van der Waals surface area contributed by atoms with E-state index in [0.717, 1.165) is 42.5 Å². The predicted octanol–water partition coefficient (Wildman–Crippen LogP) is 2.00. The molecule has 2 aromatic rings. The molecule has 6 heteroatoms. The molecule has 0 saturated carbocycles. The molecule has 0 bridgehead atoms. The number of ether oxygens (including phenoxy) is 1. The number of anilines is 1. The Morgan fingerprint density at radius 2 is 2.25 bits per heavy atom. The molecule has 1 amide bonds. The molecule has 0 aliphatic carbocycles. The number of carbonyl (C=O) groups excluding carboxylic acids is 1. The maximum absolute atomic E-state index is 12.4. The van der Waals surface area contributed by atoms with Crippen molar-refractivity contribution in [2.75, 3.05) is 38.3 Å². The lowest BCUT2D eigenvalue weighted by molar-refractivity contribution is -0.125. The Morgan fingerprint density at radius 3 is 3.12 bits per heavy atom. The molecule has 1 unspecified atom stereocenters. The minimum Gasteiger partial charge on any atom is -0.385 e. The van der Waals surface area contributed by atoms with Gasteiger partial charge in [-0.2, -0.15) is 0 Å². The number of methoxy groups -OCH3 is 1. The molecule has 1 N–H and O–H groups in total. The van der Waals surface area contributed by atoms with E-state index in [2.05, 4.69) is 20.2 Å². The second-order valence-corrected chi connectivity index (χ2v) is 6.14. The highest BCUT2D eigenvalue weighted by molar-refractivity contribution is 5.89. The average Bonchev–Trinajstić information content (AvgIpc) is 2.64. The molecule has 128 valence electrons. The average molecular weight is 328 g/mol. The highest BCUT2D eigenvalue weighted by Crippen LogP contribution is 2.27. The van der Waals surface area contributed by atoms with Gasteiger partial charge in [0.15, 0.2) is 0 Å². The largest absolute Gasteiger partial charge is 0.385 e. The molecule has 1 aliphatic rings. The summed E-state index contributed by atoms with van der Waals surface area (Å²) >= 11 is 0. The third-order valence-electron chi connectivity index (χ3n) is 4.44. The Bertz CT molecular complexity index is 686. The number of hydrogen-bond acceptors (Lipinski definition) is 5. The van der Waals surface area contributed by atoms with Crippen molar-refractivity contribution in [3.8, 4) is 0 Å². The number of nitrogens with one attached hydrogen (secondary N) is 1. The molecular weight excluding hydrogens is 304 g/mol. The van der Waals surface area contributed by atoms with Crippen molar-refractivity contribution in [3.63, 3.8) is 0 Å². The van der Waals surface area contributed by atoms with E-state index in [1.54, 1.807) is 13.4 Å². The van der Waals surface area contributed by atoms with E-state index in [4.69, 9.17) is 4.74 Å². The van der Waals surface area contributed by atoms with Gasteiger partial charge in [-0.15, -0.1) is 0 Å². The summed E-state index contributed by atoms with van der Waals surface area (Å²) < 4.78 is 5.01. The summed E-state index contributed by atoms with van der Waals surface area (Å²) in [6.45, 7) is 2.97. The van der Waals surface area contributed by atoms with Crippen LogP contribution in [0.4, 0.5) is 5.82 Å². The normalized spacial score (nSPS) is 17.9. The quantitative estimate of drug-likeness (QED) is 0.822. The Kier molecular flexibility index (Phi) is 5.59. The van der Waals surface area contributed by atoms with Crippen molar-refractivity contribution in [2.24, 2.45) is 5.92 Å². The van der Waals surface area contributed by atoms with Crippen molar-refractivity contribution in [3.05, 3.63) is 30.6 Å². The number of hydrogen-bond donors (Lipinski definition) is 1. The number of aromatic nitrogens is 2. The van der Waals surface area contributed by atoms with Gasteiger partial charge in [0.2, 0.25) is 5.91 Å². The molecule has 24 heavy (non-hydrogen) atoms. The van der Waals surface area contributed by atoms with Gasteiger partial charge in [-0.3, -0.25) is 4.79 Å². The summed E-state index contributed by atoms with van der Waals surface area (Å²) in [6, 6.07) is 8.01. The molecular formula is C18H24N4O2. The Balaban J connectivity index is 1.68. The standard InChI is InChI=1S/C18H24N4O2/c1-24-11-5-9-19-18(23)14-6-4-10-22(12-14)17-15-7-2-3-8-16(15)20-13-21-17/h2-3,7-8,13-14H,4-6,9-12H2,1H3,(H,19,23). The Labute approximate surface area is 142 Å². The highest BCUT2D eigenvalue weighted by Gasteiger charge is 2.27. The van der Waals surface area contributed by atoms with E-state index in [1.165, 1.54) is 0 Å². The third kappa shape index (κ3) is 3.82. The van der Waals surface area contributed by atoms with Crippen LogP contribution in [0.2, 0.25) is 0 Å². The fraction of sp³-hybridized carbons (Fsp3) is 0.500. The summed E-state index contributed by atoms with van der Waals surface area (Å²) in [5.41, 5.74) is 0.939. The van der Waals surface area contributed by atoms with Gasteiger partial charge in [0.05, 0.1) is 11.4 Å². The van der Waals surface area contributed by atoms with Crippen LogP contribution in [0.3, 0.4) is 0 Å². The smallest absolute Gasteiger partial charge is 0.224 e. The van der Waals surface area contributed by atoms with Crippen LogP contribution in [0.15, 0.2) is 30.6 Å². The first-order valence-electron chi connectivity index (χ1n) is 8.51. The van der Waals surface area contributed by atoms with Crippen LogP contribution >= 0.6 is 0 Å². The van der Waals surface area contributed by atoms with Gasteiger partial charge < -0.3 is 15.0 Å². The SMILES string of the molecule is COCCCNC(=O)C1CCCN(c2ncnc3ccccc23)C1. The van der Waals surface area contributed by atoms with Gasteiger partial charge in [0, 0.05) is 38.7 Å². The lowest BCUT2D eigenvalue weighted by atomic mass is 9.97. The van der Waals surface area contributed by atoms with Gasteiger partial charge in [-0.05, 0) is 31.4 Å². The van der Waals surface area contributed by atoms with Crippen molar-refractivity contribution in [1.82, 2.24) is 15.3 Å². The van der Waals surface area contributed by atoms with Crippen molar-refractivity contribution < 1.29 is 9.53 Å². The van der Waals surface area contributed by atoms with E-state index in [-0.39, 0.29) is 11.8 Å². The van der Waals surface area contributed by atoms with Gasteiger partial charge in [-0.1, -0.05) is 12.1 Å². The van der Waals surface area contributed by atoms with Crippen LogP contribution in [0.5, 0.6) is 0 Å². The van der Waals surface area contributed by atoms with Gasteiger partial charge >= 0.3 is 0 Å². The van der Waals surface area contributed by atoms with Gasteiger partial charge in [-0.25, -0.2) is 9.97 Å². The first-order valence-corrected chi connectivity index (χ1v) is 8.51. The molecule has 0 spiro atoms. The highest BCUT2D eigenvalue weighted by atomic mass is 16.5. The van der Waals surface area contributed by atoms with Crippen LogP contribution in [-0.2, 0) is 9.53 Å². The minimum absolute atomic E-state index is 0.00928. The Hall–Kier alpha value is -2.21. The molecule has 1 aliphatic heterocycles. The fourth-order valence-electron chi connectivity index (χ4n) is 3.20. The molecule has 1 aromatic heterocycles. The number of rotatable bonds is 6. The van der Waals surface area contributed by atoms with Gasteiger partial charge in [0.1, 0.15) is 12.1 Å². The maximum atomic E-state index is 12.4. The molecule has 6 nitrogen and oxygen atoms in total. The van der Waals surface area contributed by atoms with Crippen LogP contribution in [0.25, 0.3) is 10.9 Å². The monoisotopic (exact) mass is 328 g/mol. The topological polar surface area (TPSA) is 67.3 Å². The summed E-state index contributed by atoms with van der Waals surface area (Å²) in [5, 5.41) is 4.06. The molecule has 2 heterocycles. The van der Waals surface area contributed by atoms with E-state index in [0.29, 0.717) is 19.7 Å². The predicted molar refractivity (Wildman–Crippen MR) is 94.0 cm³/mol. The second kappa shape index (κ2) is 8.06. The lowest BCUT2D eigenvalue weighted by Gasteiger charge is -2.33. The van der Waals surface area contributed by atoms with Crippen LogP contribution in [0.1, 0.15) is 19.3 Å². The van der Waals surface area contributed by atoms with E-state index < -0.39 is 0 Å². The van der Waals surface area contributed by atoms with E-state index in [1.807, 2.05) is 24.3 Å². The van der Waals surface area contributed by atoms with Crippen molar-refractivity contribution in [2.45, 2.75) is 19.3 Å². The molecule has 1 atom stereocenters. The molecule has 1 saturated heterocycles. The first kappa shape index (κ1) is 16.6. The fourth-order valence-corrected chi connectivity index (χ4v) is 3.20. The number of para-hydroxylation sites is 1. The second-order valence-electron chi connectivity index (χ2n) is 6.14. The third-order valence-corrected chi connectivity index (χ3v) is 4.44. The van der Waals surface area contributed by atoms with Crippen LogP contribution in [-0.4, -0.2) is 49.2 Å². The molecule has 1 fully saturated rings. The first-order chi connectivity index (χ1) is 11.8. The van der Waals surface area contributed by atoms with E-state index >= 15 is 0 Å². The lowest BCUT2D eigenvalue weighted by Crippen LogP contribution is -2.43. The number of fused-ring (bicyclic) bond motifs is 1. The van der Waals surface area contributed by atoms with Crippen LogP contribution in [0, 0.1) is 5.92 Å². The van der Waals surface area contributed by atoms with Crippen molar-refractivity contribution >= 4 is 22.6 Å². The number of piperidine rings is 1. The minimum atomic E-state index is 0.00928. The van der Waals surface area contributed by atoms with Crippen molar-refractivity contribution in [1.29, 1.82) is 0 Å². The number of amides is 1. The number of nitrogens with zero attached hydrogens (tertiary/aromatic N) is 3. The zero-order chi connectivity index (χ0) is 16.8. The molecule has 0 radical (unpaired) electrons. The molecule has 3 rings (SSSR count). The molecule has 1 aromatic carbocycles. The maximum Gasteiger partial charge on any atom is 0.224 e. The summed E-state index contributed by atoms with van der Waals surface area (Å²) in [4.78, 5) is 23.4. The number of benzene rings is 1. The zero-order valence-electron chi connectivity index (χ0n) is 14.1.